The van der Waals surface area contributed by atoms with Gasteiger partial charge in [0.05, 0.1) is 13.5 Å². The van der Waals surface area contributed by atoms with Crippen molar-refractivity contribution in [3.8, 4) is 0 Å². The number of nitrogens with zero attached hydrogens (tertiary/aromatic N) is 1. The van der Waals surface area contributed by atoms with Crippen LogP contribution in [0.4, 0.5) is 5.69 Å². The second kappa shape index (κ2) is 11.5. The van der Waals surface area contributed by atoms with Gasteiger partial charge in [-0.25, -0.2) is 0 Å². The highest BCUT2D eigenvalue weighted by molar-refractivity contribution is 6.04. The normalized spacial score (nSPS) is 16.7. The van der Waals surface area contributed by atoms with Gasteiger partial charge in [-0.05, 0) is 67.7 Å². The molecule has 0 atom stereocenters. The number of para-hydroxylation sites is 1. The number of aryl methyl sites for hydroxylation is 1. The molecule has 0 unspecified atom stereocenters. The number of esters is 1. The van der Waals surface area contributed by atoms with Crippen LogP contribution in [0.1, 0.15) is 85.0 Å². The Morgan fingerprint density at radius 3 is 2.47 bits per heavy atom. The van der Waals surface area contributed by atoms with E-state index in [-0.39, 0.29) is 23.5 Å². The van der Waals surface area contributed by atoms with E-state index in [1.165, 1.54) is 39.2 Å². The third-order valence-corrected chi connectivity index (χ3v) is 7.34. The summed E-state index contributed by atoms with van der Waals surface area (Å²) in [5.41, 5.74) is 3.48. The zero-order valence-corrected chi connectivity index (χ0v) is 20.2. The number of amides is 1. The van der Waals surface area contributed by atoms with Crippen molar-refractivity contribution in [2.24, 2.45) is 5.92 Å². The molecule has 1 heterocycles. The fraction of sp³-hybridized carbons (Fsp3) is 0.536. The monoisotopic (exact) mass is 464 g/mol. The summed E-state index contributed by atoms with van der Waals surface area (Å²) in [5, 5.41) is 2.90. The molecule has 4 rings (SSSR count). The first kappa shape index (κ1) is 24.2. The molecule has 2 aromatic rings. The minimum absolute atomic E-state index is 0.0586. The van der Waals surface area contributed by atoms with E-state index >= 15 is 0 Å². The van der Waals surface area contributed by atoms with Gasteiger partial charge >= 0.3 is 5.97 Å². The SMILES string of the molecule is COC(=O)Cc1ccccc1NC(=O)c1cc2c(n(CC3CCCCC3)c1=O)CCCCCC2. The smallest absolute Gasteiger partial charge is 0.310 e. The van der Waals surface area contributed by atoms with E-state index in [0.717, 1.165) is 49.8 Å². The van der Waals surface area contributed by atoms with Crippen molar-refractivity contribution >= 4 is 17.6 Å². The molecule has 0 spiro atoms. The molecule has 6 heteroatoms. The lowest BCUT2D eigenvalue weighted by molar-refractivity contribution is -0.139. The van der Waals surface area contributed by atoms with Crippen molar-refractivity contribution < 1.29 is 14.3 Å². The summed E-state index contributed by atoms with van der Waals surface area (Å²) in [5.74, 6) is -0.290. The first-order valence-corrected chi connectivity index (χ1v) is 12.8. The fourth-order valence-electron chi connectivity index (χ4n) is 5.43. The Morgan fingerprint density at radius 1 is 1.00 bits per heavy atom. The van der Waals surface area contributed by atoms with Crippen LogP contribution in [0.3, 0.4) is 0 Å². The maximum Gasteiger partial charge on any atom is 0.310 e. The van der Waals surface area contributed by atoms with Gasteiger partial charge in [0, 0.05) is 17.9 Å². The van der Waals surface area contributed by atoms with Crippen molar-refractivity contribution in [3.63, 3.8) is 0 Å². The average Bonchev–Trinajstić information content (AvgIpc) is 2.83. The molecule has 0 aliphatic heterocycles. The number of pyridine rings is 1. The summed E-state index contributed by atoms with van der Waals surface area (Å²) in [7, 11) is 1.34. The largest absolute Gasteiger partial charge is 0.469 e. The highest BCUT2D eigenvalue weighted by Gasteiger charge is 2.23. The summed E-state index contributed by atoms with van der Waals surface area (Å²) in [4.78, 5) is 38.9. The Kier molecular flexibility index (Phi) is 8.20. The number of hydrogen-bond acceptors (Lipinski definition) is 4. The van der Waals surface area contributed by atoms with Gasteiger partial charge in [-0.2, -0.15) is 0 Å². The number of nitrogens with one attached hydrogen (secondary N) is 1. The number of rotatable bonds is 6. The first-order valence-electron chi connectivity index (χ1n) is 12.8. The number of carbonyl (C=O) groups is 2. The van der Waals surface area contributed by atoms with Gasteiger partial charge in [0.25, 0.3) is 11.5 Å². The molecule has 6 nitrogen and oxygen atoms in total. The number of aromatic nitrogens is 1. The molecule has 1 aromatic heterocycles. The van der Waals surface area contributed by atoms with Crippen molar-refractivity contribution in [3.05, 3.63) is 63.1 Å². The Labute approximate surface area is 201 Å². The highest BCUT2D eigenvalue weighted by atomic mass is 16.5. The second-order valence-electron chi connectivity index (χ2n) is 9.73. The summed E-state index contributed by atoms with van der Waals surface area (Å²) in [6.07, 6.45) is 12.4. The number of carbonyl (C=O) groups excluding carboxylic acids is 2. The minimum atomic E-state index is -0.412. The minimum Gasteiger partial charge on any atom is -0.469 e. The quantitative estimate of drug-likeness (QED) is 0.607. The van der Waals surface area contributed by atoms with Crippen LogP contribution in [0.5, 0.6) is 0 Å². The van der Waals surface area contributed by atoms with E-state index in [1.54, 1.807) is 18.2 Å². The van der Waals surface area contributed by atoms with Crippen LogP contribution in [0.25, 0.3) is 0 Å². The van der Waals surface area contributed by atoms with Crippen LogP contribution >= 0.6 is 0 Å². The number of fused-ring (bicyclic) bond motifs is 1. The highest BCUT2D eigenvalue weighted by Crippen LogP contribution is 2.27. The molecule has 0 radical (unpaired) electrons. The molecule has 1 saturated carbocycles. The number of hydrogen-bond donors (Lipinski definition) is 1. The second-order valence-corrected chi connectivity index (χ2v) is 9.73. The molecule has 1 amide bonds. The number of ether oxygens (including phenoxy) is 1. The lowest BCUT2D eigenvalue weighted by Gasteiger charge is -2.26. The van der Waals surface area contributed by atoms with Crippen molar-refractivity contribution in [1.29, 1.82) is 0 Å². The first-order chi connectivity index (χ1) is 16.6. The standard InChI is InChI=1S/C28H36N2O4/c1-34-26(31)18-21-13-9-10-15-24(21)29-27(32)23-17-22-14-7-2-3-8-16-25(22)30(28(23)33)19-20-11-5-4-6-12-20/h9-10,13,15,17,20H,2-8,11-12,14,16,18-19H2,1H3,(H,29,32). The number of methoxy groups -OCH3 is 1. The molecule has 0 bridgehead atoms. The van der Waals surface area contributed by atoms with E-state index in [9.17, 15) is 14.4 Å². The molecule has 2 aliphatic rings. The molecular formula is C28H36N2O4. The third-order valence-electron chi connectivity index (χ3n) is 7.34. The Bertz CT molecular complexity index is 1080. The van der Waals surface area contributed by atoms with Gasteiger partial charge in [-0.3, -0.25) is 14.4 Å². The summed E-state index contributed by atoms with van der Waals surface area (Å²) in [6.45, 7) is 0.710. The van der Waals surface area contributed by atoms with Gasteiger partial charge < -0.3 is 14.6 Å². The Hall–Kier alpha value is -2.89. The molecule has 2 aliphatic carbocycles. The number of benzene rings is 1. The average molecular weight is 465 g/mol. The van der Waals surface area contributed by atoms with E-state index in [4.69, 9.17) is 4.74 Å². The van der Waals surface area contributed by atoms with Crippen LogP contribution in [0.2, 0.25) is 0 Å². The van der Waals surface area contributed by atoms with Gasteiger partial charge in [-0.15, -0.1) is 0 Å². The topological polar surface area (TPSA) is 77.4 Å². The Balaban J connectivity index is 1.68. The zero-order valence-electron chi connectivity index (χ0n) is 20.2. The fourth-order valence-corrected chi connectivity index (χ4v) is 5.43. The third kappa shape index (κ3) is 5.78. The molecule has 0 saturated heterocycles. The van der Waals surface area contributed by atoms with Crippen molar-refractivity contribution in [2.75, 3.05) is 12.4 Å². The maximum absolute atomic E-state index is 13.7. The Morgan fingerprint density at radius 2 is 1.71 bits per heavy atom. The molecular weight excluding hydrogens is 428 g/mol. The molecule has 1 N–H and O–H groups in total. The van der Waals surface area contributed by atoms with Gasteiger partial charge in [-0.1, -0.05) is 50.3 Å². The van der Waals surface area contributed by atoms with Crippen LogP contribution in [-0.2, 0) is 35.3 Å². The summed E-state index contributed by atoms with van der Waals surface area (Å²) >= 11 is 0. The predicted octanol–water partition coefficient (Wildman–Crippen LogP) is 5.06. The van der Waals surface area contributed by atoms with E-state index in [1.807, 2.05) is 16.7 Å². The van der Waals surface area contributed by atoms with Crippen molar-refractivity contribution in [1.82, 2.24) is 4.57 Å². The molecule has 182 valence electrons. The molecule has 1 fully saturated rings. The van der Waals surface area contributed by atoms with E-state index in [0.29, 0.717) is 23.7 Å². The maximum atomic E-state index is 13.7. The summed E-state index contributed by atoms with van der Waals surface area (Å²) < 4.78 is 6.72. The van der Waals surface area contributed by atoms with Crippen molar-refractivity contribution in [2.45, 2.75) is 83.6 Å². The van der Waals surface area contributed by atoms with Gasteiger partial charge in [0.1, 0.15) is 5.56 Å². The number of anilines is 1. The lowest BCUT2D eigenvalue weighted by atomic mass is 9.88. The van der Waals surface area contributed by atoms with Crippen LogP contribution in [0, 0.1) is 5.92 Å². The predicted molar refractivity (Wildman–Crippen MR) is 133 cm³/mol. The van der Waals surface area contributed by atoms with Crippen LogP contribution in [-0.4, -0.2) is 23.6 Å². The molecule has 1 aromatic carbocycles. The zero-order chi connectivity index (χ0) is 23.9. The van der Waals surface area contributed by atoms with E-state index in [2.05, 4.69) is 5.32 Å². The van der Waals surface area contributed by atoms with Crippen LogP contribution in [0.15, 0.2) is 35.1 Å². The van der Waals surface area contributed by atoms with Gasteiger partial charge in [0.15, 0.2) is 0 Å². The van der Waals surface area contributed by atoms with Crippen LogP contribution < -0.4 is 10.9 Å². The summed E-state index contributed by atoms with van der Waals surface area (Å²) in [6, 6.07) is 8.99. The lowest BCUT2D eigenvalue weighted by Crippen LogP contribution is -2.35. The van der Waals surface area contributed by atoms with Gasteiger partial charge in [0.2, 0.25) is 0 Å². The molecule has 34 heavy (non-hydrogen) atoms. The van der Waals surface area contributed by atoms with E-state index < -0.39 is 5.91 Å².